The molecule has 0 saturated carbocycles. The molecule has 0 radical (unpaired) electrons. The summed E-state index contributed by atoms with van der Waals surface area (Å²) >= 11 is 0. The summed E-state index contributed by atoms with van der Waals surface area (Å²) in [6.45, 7) is 3.18. The van der Waals surface area contributed by atoms with Gasteiger partial charge in [0, 0.05) is 10.8 Å². The van der Waals surface area contributed by atoms with E-state index >= 15 is 0 Å². The highest BCUT2D eigenvalue weighted by Crippen LogP contribution is 2.43. The van der Waals surface area contributed by atoms with Gasteiger partial charge in [-0.05, 0) is 107 Å². The van der Waals surface area contributed by atoms with Gasteiger partial charge in [-0.25, -0.2) is 4.90 Å². The molecule has 2 heterocycles. The first-order valence-electron chi connectivity index (χ1n) is 18.3. The number of amides is 2. The van der Waals surface area contributed by atoms with Gasteiger partial charge in [-0.3, -0.25) is 9.59 Å². The maximum atomic E-state index is 14.6. The first kappa shape index (κ1) is 36.7. The van der Waals surface area contributed by atoms with Gasteiger partial charge in [0.25, 0.3) is 11.8 Å². The average molecular weight is 781 g/mol. The second-order valence-corrected chi connectivity index (χ2v) is 14.4. The molecule has 0 bridgehead atoms. The number of benzene rings is 7. The van der Waals surface area contributed by atoms with Crippen LogP contribution in [0.5, 0.6) is 0 Å². The number of aromatic nitrogens is 1. The first-order valence-corrected chi connectivity index (χ1v) is 18.3. The van der Waals surface area contributed by atoms with Crippen LogP contribution in [-0.4, -0.2) is 16.4 Å². The Balaban J connectivity index is 1.28. The standard InChI is InChI=1S/C48H30F6N2O2/c1-27-14-18-36(40(22-27)48(52,53)54)32-16-20-38-37-19-15-31(35-21-17-33(23-28(35)2)47(49,50)51)25-42(37)56(43(38)26-32)41-13-7-12-39-44(41)46(58)55(45(39)57)34-11-6-10-30(24-34)29-8-4-3-5-9-29/h3-26H,1-2H3. The molecule has 0 spiro atoms. The van der Waals surface area contributed by atoms with Gasteiger partial charge in [-0.1, -0.05) is 96.6 Å². The molecule has 2 amide bonds. The Labute approximate surface area is 328 Å². The number of hydrogen-bond donors (Lipinski definition) is 0. The Kier molecular flexibility index (Phi) is 8.43. The van der Waals surface area contributed by atoms with E-state index in [0.29, 0.717) is 55.4 Å². The van der Waals surface area contributed by atoms with E-state index in [4.69, 9.17) is 0 Å². The van der Waals surface area contributed by atoms with Crippen LogP contribution < -0.4 is 4.90 Å². The molecule has 0 unspecified atom stereocenters. The number of alkyl halides is 6. The summed E-state index contributed by atoms with van der Waals surface area (Å²) < 4.78 is 86.0. The lowest BCUT2D eigenvalue weighted by Gasteiger charge is -2.17. The van der Waals surface area contributed by atoms with Crippen LogP contribution in [0.15, 0.2) is 146 Å². The van der Waals surface area contributed by atoms with Crippen molar-refractivity contribution in [2.75, 3.05) is 4.90 Å². The predicted octanol–water partition coefficient (Wildman–Crippen LogP) is 13.2. The topological polar surface area (TPSA) is 42.3 Å². The second kappa shape index (κ2) is 13.3. The number of nitrogens with zero attached hydrogens (tertiary/aromatic N) is 2. The smallest absolute Gasteiger partial charge is 0.308 e. The van der Waals surface area contributed by atoms with E-state index in [1.165, 1.54) is 12.1 Å². The fourth-order valence-corrected chi connectivity index (χ4v) is 8.07. The predicted molar refractivity (Wildman–Crippen MR) is 214 cm³/mol. The normalized spacial score (nSPS) is 13.2. The summed E-state index contributed by atoms with van der Waals surface area (Å²) in [6, 6.07) is 39.5. The Morgan fingerprint density at radius 3 is 1.78 bits per heavy atom. The minimum atomic E-state index is -4.65. The van der Waals surface area contributed by atoms with Crippen molar-refractivity contribution in [1.82, 2.24) is 4.57 Å². The lowest BCUT2D eigenvalue weighted by molar-refractivity contribution is -0.138. The number of hydrogen-bond acceptors (Lipinski definition) is 2. The van der Waals surface area contributed by atoms with E-state index in [0.717, 1.165) is 34.2 Å². The molecule has 0 N–H and O–H groups in total. The van der Waals surface area contributed by atoms with Gasteiger partial charge in [-0.2, -0.15) is 26.3 Å². The third-order valence-electron chi connectivity index (χ3n) is 10.8. The molecule has 58 heavy (non-hydrogen) atoms. The zero-order valence-electron chi connectivity index (χ0n) is 30.8. The molecule has 0 saturated heterocycles. The SMILES string of the molecule is Cc1ccc(-c2ccc3c4ccc(-c5ccc(C(F)(F)F)cc5C)cc4n(-c4cccc5c4C(=O)N(c4cccc(-c6ccccc6)c4)C5=O)c3c2)c(C(F)(F)F)c1. The molecule has 1 aliphatic rings. The third-order valence-corrected chi connectivity index (χ3v) is 10.8. The summed E-state index contributed by atoms with van der Waals surface area (Å²) in [5.41, 5.74) is 4.20. The van der Waals surface area contributed by atoms with Crippen LogP contribution in [-0.2, 0) is 12.4 Å². The fraction of sp³-hybridized carbons (Fsp3) is 0.0833. The number of carbonyl (C=O) groups is 2. The van der Waals surface area contributed by atoms with Crippen molar-refractivity contribution >= 4 is 39.3 Å². The molecule has 286 valence electrons. The molecule has 1 aliphatic heterocycles. The van der Waals surface area contributed by atoms with Gasteiger partial charge < -0.3 is 4.57 Å². The maximum Gasteiger partial charge on any atom is 0.417 e. The monoisotopic (exact) mass is 780 g/mol. The van der Waals surface area contributed by atoms with Crippen LogP contribution in [0.2, 0.25) is 0 Å². The molecule has 4 nitrogen and oxygen atoms in total. The fourth-order valence-electron chi connectivity index (χ4n) is 8.07. The highest BCUT2D eigenvalue weighted by Gasteiger charge is 2.40. The van der Waals surface area contributed by atoms with Crippen LogP contribution in [0.1, 0.15) is 43.0 Å². The first-order chi connectivity index (χ1) is 27.7. The van der Waals surface area contributed by atoms with Gasteiger partial charge in [0.1, 0.15) is 0 Å². The minimum absolute atomic E-state index is 0.0353. The summed E-state index contributed by atoms with van der Waals surface area (Å²) in [5.74, 6) is -1.12. The molecule has 8 aromatic rings. The van der Waals surface area contributed by atoms with Crippen molar-refractivity contribution in [3.05, 3.63) is 179 Å². The number of carbonyl (C=O) groups excluding carboxylic acids is 2. The minimum Gasteiger partial charge on any atom is -0.308 e. The Bertz CT molecular complexity index is 3000. The van der Waals surface area contributed by atoms with Gasteiger partial charge in [0.15, 0.2) is 0 Å². The van der Waals surface area contributed by atoms with Gasteiger partial charge in [0.2, 0.25) is 0 Å². The summed E-state index contributed by atoms with van der Waals surface area (Å²) in [6.07, 6.45) is -9.18. The quantitative estimate of drug-likeness (QED) is 0.129. The summed E-state index contributed by atoms with van der Waals surface area (Å²) in [7, 11) is 0. The van der Waals surface area contributed by atoms with E-state index in [1.54, 1.807) is 91.2 Å². The second-order valence-electron chi connectivity index (χ2n) is 14.4. The van der Waals surface area contributed by atoms with Crippen LogP contribution >= 0.6 is 0 Å². The highest BCUT2D eigenvalue weighted by atomic mass is 19.4. The zero-order valence-corrected chi connectivity index (χ0v) is 30.8. The van der Waals surface area contributed by atoms with Crippen molar-refractivity contribution in [2.45, 2.75) is 26.2 Å². The van der Waals surface area contributed by atoms with Crippen molar-refractivity contribution in [3.63, 3.8) is 0 Å². The lowest BCUT2D eigenvalue weighted by Crippen LogP contribution is -2.29. The van der Waals surface area contributed by atoms with Crippen LogP contribution in [0, 0.1) is 13.8 Å². The lowest BCUT2D eigenvalue weighted by atomic mass is 9.96. The van der Waals surface area contributed by atoms with Crippen LogP contribution in [0.3, 0.4) is 0 Å². The molecular formula is C48H30F6N2O2. The van der Waals surface area contributed by atoms with E-state index in [9.17, 15) is 35.9 Å². The number of rotatable bonds is 5. The molecule has 0 fully saturated rings. The van der Waals surface area contributed by atoms with Gasteiger partial charge in [-0.15, -0.1) is 0 Å². The van der Waals surface area contributed by atoms with E-state index in [-0.39, 0.29) is 22.3 Å². The molecule has 0 aliphatic carbocycles. The number of fused-ring (bicyclic) bond motifs is 4. The molecule has 1 aromatic heterocycles. The highest BCUT2D eigenvalue weighted by molar-refractivity contribution is 6.36. The van der Waals surface area contributed by atoms with Gasteiger partial charge in [0.05, 0.1) is 44.7 Å². The molecule has 10 heteroatoms. The zero-order chi connectivity index (χ0) is 40.7. The van der Waals surface area contributed by atoms with Crippen LogP contribution in [0.4, 0.5) is 32.0 Å². The third kappa shape index (κ3) is 6.03. The van der Waals surface area contributed by atoms with Crippen molar-refractivity contribution in [1.29, 1.82) is 0 Å². The van der Waals surface area contributed by atoms with E-state index in [2.05, 4.69) is 0 Å². The average Bonchev–Trinajstić information content (AvgIpc) is 3.66. The summed E-state index contributed by atoms with van der Waals surface area (Å²) in [4.78, 5) is 29.9. The number of anilines is 1. The van der Waals surface area contributed by atoms with E-state index in [1.807, 2.05) is 42.5 Å². The largest absolute Gasteiger partial charge is 0.417 e. The maximum absolute atomic E-state index is 14.6. The molecule has 0 atom stereocenters. The van der Waals surface area contributed by atoms with Crippen molar-refractivity contribution in [2.24, 2.45) is 0 Å². The molecule has 7 aromatic carbocycles. The Morgan fingerprint density at radius 2 is 1.12 bits per heavy atom. The Hall–Kier alpha value is -6.94. The number of imide groups is 1. The van der Waals surface area contributed by atoms with Gasteiger partial charge >= 0.3 is 12.4 Å². The number of halogens is 6. The number of aryl methyl sites for hydroxylation is 2. The Morgan fingerprint density at radius 1 is 0.483 bits per heavy atom. The van der Waals surface area contributed by atoms with Crippen molar-refractivity contribution in [3.8, 4) is 39.1 Å². The molecule has 9 rings (SSSR count). The summed E-state index contributed by atoms with van der Waals surface area (Å²) in [5, 5.41) is 1.33. The van der Waals surface area contributed by atoms with Crippen LogP contribution in [0.25, 0.3) is 60.9 Å². The molecular weight excluding hydrogens is 751 g/mol. The van der Waals surface area contributed by atoms with Crippen molar-refractivity contribution < 1.29 is 35.9 Å². The van der Waals surface area contributed by atoms with E-state index < -0.39 is 35.3 Å².